The molecule has 26 heavy (non-hydrogen) atoms. The molecule has 142 valence electrons. The SMILES string of the molecule is CCOC(=O)C1=C(C[NH+](C)Cc2cccc(Cl)c2Cl)NC(=O)N[C@H]1CC. The normalized spacial score (nSPS) is 18.2. The largest absolute Gasteiger partial charge is 0.463 e. The van der Waals surface area contributed by atoms with Gasteiger partial charge >= 0.3 is 12.0 Å². The number of urea groups is 1. The van der Waals surface area contributed by atoms with Crippen LogP contribution in [0.15, 0.2) is 29.5 Å². The Hall–Kier alpha value is -1.76. The Labute approximate surface area is 163 Å². The molecule has 1 aromatic rings. The van der Waals surface area contributed by atoms with Crippen molar-refractivity contribution in [3.05, 3.63) is 45.1 Å². The maximum atomic E-state index is 12.4. The summed E-state index contributed by atoms with van der Waals surface area (Å²) in [5, 5.41) is 6.56. The molecule has 8 heteroatoms. The highest BCUT2D eigenvalue weighted by atomic mass is 35.5. The number of nitrogens with one attached hydrogen (secondary N) is 3. The second-order valence-electron chi connectivity index (χ2n) is 6.20. The number of likely N-dealkylation sites (N-methyl/N-ethyl adjacent to an activating group) is 1. The number of carbonyl (C=O) groups excluding carboxylic acids is 2. The molecule has 1 heterocycles. The summed E-state index contributed by atoms with van der Waals surface area (Å²) in [7, 11) is 1.96. The molecule has 0 bridgehead atoms. The standard InChI is InChI=1S/C18H23Cl2N3O3/c1-4-13-15(17(24)26-5-2)14(22-18(25)21-13)10-23(3)9-11-7-6-8-12(19)16(11)20/h6-8,13H,4-5,9-10H2,1-3H3,(H2,21,22,25)/p+1/t13-/m0/s1. The van der Waals surface area contributed by atoms with E-state index in [2.05, 4.69) is 10.6 Å². The number of carbonyl (C=O) groups is 2. The number of quaternary nitrogens is 1. The number of amides is 2. The van der Waals surface area contributed by atoms with Crippen LogP contribution in [-0.2, 0) is 16.1 Å². The quantitative estimate of drug-likeness (QED) is 0.612. The van der Waals surface area contributed by atoms with Crippen molar-refractivity contribution in [2.24, 2.45) is 0 Å². The number of ether oxygens (including phenoxy) is 1. The average Bonchev–Trinajstić information content (AvgIpc) is 2.58. The summed E-state index contributed by atoms with van der Waals surface area (Å²) in [5.41, 5.74) is 1.96. The van der Waals surface area contributed by atoms with E-state index in [1.165, 1.54) is 0 Å². The lowest BCUT2D eigenvalue weighted by atomic mass is 10.00. The number of hydrogen-bond acceptors (Lipinski definition) is 3. The van der Waals surface area contributed by atoms with E-state index in [4.69, 9.17) is 27.9 Å². The number of halogens is 2. The minimum absolute atomic E-state index is 0.279. The highest BCUT2D eigenvalue weighted by Gasteiger charge is 2.32. The van der Waals surface area contributed by atoms with E-state index in [9.17, 15) is 9.59 Å². The molecule has 0 aliphatic carbocycles. The van der Waals surface area contributed by atoms with Crippen molar-refractivity contribution in [3.63, 3.8) is 0 Å². The van der Waals surface area contributed by atoms with Crippen molar-refractivity contribution in [2.75, 3.05) is 20.2 Å². The lowest BCUT2D eigenvalue weighted by molar-refractivity contribution is -0.889. The van der Waals surface area contributed by atoms with Crippen LogP contribution in [-0.4, -0.2) is 38.2 Å². The molecule has 0 spiro atoms. The molecule has 1 aliphatic heterocycles. The van der Waals surface area contributed by atoms with Gasteiger partial charge in [0.05, 0.1) is 41.0 Å². The molecular formula is C18H24Cl2N3O3+. The Kier molecular flexibility index (Phi) is 7.32. The van der Waals surface area contributed by atoms with Crippen molar-refractivity contribution in [1.29, 1.82) is 0 Å². The molecule has 0 saturated heterocycles. The summed E-state index contributed by atoms with van der Waals surface area (Å²) >= 11 is 12.3. The number of hydrogen-bond donors (Lipinski definition) is 3. The van der Waals surface area contributed by atoms with Crippen LogP contribution in [0.5, 0.6) is 0 Å². The minimum atomic E-state index is -0.407. The predicted octanol–water partition coefficient (Wildman–Crippen LogP) is 1.92. The topological polar surface area (TPSA) is 71.9 Å². The Morgan fingerprint density at radius 2 is 2.00 bits per heavy atom. The van der Waals surface area contributed by atoms with E-state index < -0.39 is 5.97 Å². The number of rotatable bonds is 7. The molecule has 0 fully saturated rings. The zero-order valence-electron chi connectivity index (χ0n) is 15.1. The molecule has 0 aromatic heterocycles. The molecule has 6 nitrogen and oxygen atoms in total. The van der Waals surface area contributed by atoms with Gasteiger partial charge in [0.15, 0.2) is 0 Å². The minimum Gasteiger partial charge on any atom is -0.463 e. The summed E-state index contributed by atoms with van der Waals surface area (Å²) < 4.78 is 5.18. The van der Waals surface area contributed by atoms with Gasteiger partial charge < -0.3 is 20.3 Å². The lowest BCUT2D eigenvalue weighted by Gasteiger charge is -2.29. The highest BCUT2D eigenvalue weighted by molar-refractivity contribution is 6.42. The van der Waals surface area contributed by atoms with Crippen LogP contribution in [0.3, 0.4) is 0 Å². The van der Waals surface area contributed by atoms with Gasteiger partial charge in [0, 0.05) is 5.56 Å². The summed E-state index contributed by atoms with van der Waals surface area (Å²) in [6, 6.07) is 4.82. The molecule has 1 aromatic carbocycles. The average molecular weight is 401 g/mol. The molecule has 0 saturated carbocycles. The Morgan fingerprint density at radius 1 is 1.27 bits per heavy atom. The second-order valence-corrected chi connectivity index (χ2v) is 6.98. The third-order valence-corrected chi connectivity index (χ3v) is 5.01. The molecular weight excluding hydrogens is 377 g/mol. The van der Waals surface area contributed by atoms with Crippen molar-refractivity contribution in [3.8, 4) is 0 Å². The van der Waals surface area contributed by atoms with Crippen LogP contribution >= 0.6 is 23.2 Å². The summed E-state index contributed by atoms with van der Waals surface area (Å²) in [6.45, 7) is 4.99. The first-order valence-corrected chi connectivity index (χ1v) is 9.34. The van der Waals surface area contributed by atoms with Crippen molar-refractivity contribution < 1.29 is 19.2 Å². The third kappa shape index (κ3) is 4.90. The van der Waals surface area contributed by atoms with Crippen molar-refractivity contribution in [2.45, 2.75) is 32.9 Å². The number of benzene rings is 1. The predicted molar refractivity (Wildman–Crippen MR) is 101 cm³/mol. The van der Waals surface area contributed by atoms with E-state index in [1.54, 1.807) is 13.0 Å². The Balaban J connectivity index is 2.24. The zero-order chi connectivity index (χ0) is 19.3. The maximum absolute atomic E-state index is 12.4. The van der Waals surface area contributed by atoms with Gasteiger partial charge in [-0.05, 0) is 19.4 Å². The smallest absolute Gasteiger partial charge is 0.338 e. The van der Waals surface area contributed by atoms with Gasteiger partial charge in [0.2, 0.25) is 0 Å². The van der Waals surface area contributed by atoms with Crippen LogP contribution in [0, 0.1) is 0 Å². The van der Waals surface area contributed by atoms with Crippen molar-refractivity contribution >= 4 is 35.2 Å². The summed E-state index contributed by atoms with van der Waals surface area (Å²) in [5.74, 6) is -0.407. The van der Waals surface area contributed by atoms with Crippen LogP contribution in [0.2, 0.25) is 10.0 Å². The van der Waals surface area contributed by atoms with Gasteiger partial charge in [-0.3, -0.25) is 0 Å². The van der Waals surface area contributed by atoms with Gasteiger partial charge in [-0.2, -0.15) is 0 Å². The zero-order valence-corrected chi connectivity index (χ0v) is 16.6. The fourth-order valence-corrected chi connectivity index (χ4v) is 3.36. The van der Waals surface area contributed by atoms with Crippen molar-refractivity contribution in [1.82, 2.24) is 10.6 Å². The molecule has 2 rings (SSSR count). The first-order valence-electron chi connectivity index (χ1n) is 8.59. The van der Waals surface area contributed by atoms with Gasteiger partial charge in [-0.1, -0.05) is 42.3 Å². The fourth-order valence-electron chi connectivity index (χ4n) is 2.98. The van der Waals surface area contributed by atoms with Gasteiger partial charge in [-0.15, -0.1) is 0 Å². The first kappa shape index (κ1) is 20.6. The second kappa shape index (κ2) is 9.26. The monoisotopic (exact) mass is 400 g/mol. The van der Waals surface area contributed by atoms with Crippen LogP contribution in [0.4, 0.5) is 4.79 Å². The maximum Gasteiger partial charge on any atom is 0.338 e. The molecule has 2 atom stereocenters. The highest BCUT2D eigenvalue weighted by Crippen LogP contribution is 2.25. The van der Waals surface area contributed by atoms with E-state index in [-0.39, 0.29) is 18.7 Å². The van der Waals surface area contributed by atoms with E-state index >= 15 is 0 Å². The first-order chi connectivity index (χ1) is 12.4. The Morgan fingerprint density at radius 3 is 2.65 bits per heavy atom. The number of esters is 1. The fraction of sp³-hybridized carbons (Fsp3) is 0.444. The summed E-state index contributed by atoms with van der Waals surface area (Å²) in [6.07, 6.45) is 0.601. The molecule has 0 radical (unpaired) electrons. The molecule has 2 amide bonds. The van der Waals surface area contributed by atoms with Gasteiger partial charge in [0.25, 0.3) is 0 Å². The molecule has 1 aliphatic rings. The molecule has 3 N–H and O–H groups in total. The Bertz CT molecular complexity index is 722. The molecule has 1 unspecified atom stereocenters. The van der Waals surface area contributed by atoms with Gasteiger partial charge in [0.1, 0.15) is 13.1 Å². The van der Waals surface area contributed by atoms with E-state index in [0.29, 0.717) is 40.8 Å². The van der Waals surface area contributed by atoms with Crippen LogP contribution in [0.25, 0.3) is 0 Å². The van der Waals surface area contributed by atoms with E-state index in [0.717, 1.165) is 10.5 Å². The third-order valence-electron chi connectivity index (χ3n) is 4.15. The van der Waals surface area contributed by atoms with E-state index in [1.807, 2.05) is 26.1 Å². The van der Waals surface area contributed by atoms with Crippen LogP contribution in [0.1, 0.15) is 25.8 Å². The lowest BCUT2D eigenvalue weighted by Crippen LogP contribution is -3.08. The summed E-state index contributed by atoms with van der Waals surface area (Å²) in [4.78, 5) is 25.4. The van der Waals surface area contributed by atoms with Crippen LogP contribution < -0.4 is 15.5 Å². The van der Waals surface area contributed by atoms with Gasteiger partial charge in [-0.25, -0.2) is 9.59 Å².